The summed E-state index contributed by atoms with van der Waals surface area (Å²) in [4.78, 5) is 26.3. The van der Waals surface area contributed by atoms with Gasteiger partial charge in [-0.3, -0.25) is 5.41 Å². The lowest BCUT2D eigenvalue weighted by Gasteiger charge is -2.20. The second-order valence-electron chi connectivity index (χ2n) is 21.2. The van der Waals surface area contributed by atoms with E-state index in [9.17, 15) is 13.2 Å². The van der Waals surface area contributed by atoms with Crippen molar-refractivity contribution in [2.75, 3.05) is 7.11 Å². The minimum Gasteiger partial charge on any atom is -0.400 e. The molecule has 12 heteroatoms. The molecule has 2 aromatic heterocycles. The van der Waals surface area contributed by atoms with Crippen LogP contribution in [0.5, 0.6) is 0 Å². The van der Waals surface area contributed by atoms with Crippen molar-refractivity contribution in [2.24, 2.45) is 21.3 Å². The number of benzene rings is 3. The van der Waals surface area contributed by atoms with E-state index < -0.39 is 11.7 Å². The first kappa shape index (κ1) is 73.5. The summed E-state index contributed by atoms with van der Waals surface area (Å²) >= 11 is 0. The molecular formula is C73H99F3N8O. The van der Waals surface area contributed by atoms with E-state index in [0.29, 0.717) is 40.6 Å². The number of hydrogen-bond donors (Lipinski definition) is 3. The monoisotopic (exact) mass is 1160 g/mol. The quantitative estimate of drug-likeness (QED) is 0.0527. The predicted molar refractivity (Wildman–Crippen MR) is 359 cm³/mol. The number of halogens is 3. The van der Waals surface area contributed by atoms with Crippen molar-refractivity contribution in [1.29, 1.82) is 5.41 Å². The molecule has 8 rings (SSSR count). The third kappa shape index (κ3) is 26.1. The molecule has 1 unspecified atom stereocenters. The van der Waals surface area contributed by atoms with Crippen LogP contribution in [-0.2, 0) is 25.7 Å². The Labute approximate surface area is 509 Å². The highest BCUT2D eigenvalue weighted by molar-refractivity contribution is 6.52. The molecule has 2 aliphatic heterocycles. The molecule has 0 saturated carbocycles. The Hall–Kier alpha value is -7.57. The number of allylic oxidation sites excluding steroid dienone is 9. The van der Waals surface area contributed by atoms with Gasteiger partial charge in [0.2, 0.25) is 0 Å². The van der Waals surface area contributed by atoms with Crippen molar-refractivity contribution < 1.29 is 18.3 Å². The predicted octanol–water partition coefficient (Wildman–Crippen LogP) is 20.1. The van der Waals surface area contributed by atoms with Gasteiger partial charge in [-0.2, -0.15) is 13.2 Å². The topological polar surface area (TPSA) is 123 Å². The van der Waals surface area contributed by atoms with E-state index in [2.05, 4.69) is 144 Å². The van der Waals surface area contributed by atoms with Gasteiger partial charge in [0.15, 0.2) is 11.5 Å². The lowest BCUT2D eigenvalue weighted by atomic mass is 9.86. The maximum Gasteiger partial charge on any atom is 0.416 e. The van der Waals surface area contributed by atoms with Gasteiger partial charge in [0.25, 0.3) is 0 Å². The number of aryl methyl sites for hydroxylation is 2. The van der Waals surface area contributed by atoms with Crippen LogP contribution in [0.1, 0.15) is 174 Å². The van der Waals surface area contributed by atoms with Gasteiger partial charge in [-0.1, -0.05) is 217 Å². The highest BCUT2D eigenvalue weighted by Gasteiger charge is 2.30. The molecule has 458 valence electrons. The Kier molecular flexibility index (Phi) is 33.8. The van der Waals surface area contributed by atoms with Crippen LogP contribution >= 0.6 is 0 Å². The molecular weight excluding hydrogens is 1060 g/mol. The zero-order chi connectivity index (χ0) is 63.5. The Morgan fingerprint density at radius 1 is 0.812 bits per heavy atom. The molecule has 3 aliphatic rings. The van der Waals surface area contributed by atoms with Crippen molar-refractivity contribution in [2.45, 2.75) is 173 Å². The van der Waals surface area contributed by atoms with Crippen molar-refractivity contribution in [3.63, 3.8) is 0 Å². The smallest absolute Gasteiger partial charge is 0.400 e. The molecule has 0 spiro atoms. The van der Waals surface area contributed by atoms with Gasteiger partial charge in [0, 0.05) is 49.4 Å². The number of hydrogen-bond acceptors (Lipinski definition) is 8. The number of nitrogens with one attached hydrogen (secondary N) is 2. The molecule has 0 saturated heterocycles. The van der Waals surface area contributed by atoms with Crippen LogP contribution in [-0.4, -0.2) is 49.3 Å². The lowest BCUT2D eigenvalue weighted by Crippen LogP contribution is -2.23. The standard InChI is InChI=1S/C34H42N4.C29H27F3N4.C3H8.3C2H6.CH4O/c1-24-15-17-27(18-16-24)22-38-23-29(38)20-31-33(35)37-32(28-13-9-7-11-25(2)19-28)30(36-31)14-10-8-12-26(3)21-34(4,5)6;1-3-4-5-9-12-25-27(22-10-7-6-8-11-22)36-28-26(35-25)17-23(19-34-28)20(2)33-18-21-13-15-24(16-14-21)29(30,31)32;1-3-2;4*1-2/h7,9,11,13,15-20,23,25,35H,3,8,10,12,14,21-22H2,1-2,4-6H3;3,6-8,10-11,13-17,19,33H,1-2,4-5,9,12,18H2;3H2,1-2H3;3*1-2H3;2H,1H3/b31-20+,35-33?;;;;;;. The largest absolute Gasteiger partial charge is 0.416 e. The number of aliphatic hydroxyl groups excluding tert-OH is 1. The summed E-state index contributed by atoms with van der Waals surface area (Å²) in [7, 11) is 1.00. The fourth-order valence-electron chi connectivity index (χ4n) is 8.72. The van der Waals surface area contributed by atoms with Crippen molar-refractivity contribution in [3.8, 4) is 11.3 Å². The fraction of sp³-hybridized carbons (Fsp3) is 0.397. The van der Waals surface area contributed by atoms with Gasteiger partial charge in [-0.15, -0.1) is 6.58 Å². The molecule has 9 nitrogen and oxygen atoms in total. The molecule has 4 heterocycles. The van der Waals surface area contributed by atoms with E-state index in [0.717, 1.165) is 129 Å². The molecule has 85 heavy (non-hydrogen) atoms. The number of amidine groups is 1. The third-order valence-corrected chi connectivity index (χ3v) is 12.6. The number of alkyl halides is 3. The summed E-state index contributed by atoms with van der Waals surface area (Å²) in [5, 5.41) is 18.9. The van der Waals surface area contributed by atoms with Gasteiger partial charge >= 0.3 is 6.18 Å². The lowest BCUT2D eigenvalue weighted by molar-refractivity contribution is -0.137. The molecule has 0 fully saturated rings. The Morgan fingerprint density at radius 3 is 2.07 bits per heavy atom. The number of aromatic nitrogens is 3. The first-order valence-electron chi connectivity index (χ1n) is 30.5. The SMILES string of the molecule is C=C(CCCCC1=N/C(=C/C2=CN2Cc2ccc(C)cc2)C(=N)N=C1C1=CC(C)C=CC=C1)CC(C)(C)C.C=CCCCCc1nc2cc(C(=C)NCc3ccc(C(F)(F)F)cc3)cnc2nc1-c1ccccc1.CC.CC.CC.CCC.CO. The van der Waals surface area contributed by atoms with Crippen LogP contribution < -0.4 is 5.32 Å². The Bertz CT molecular complexity index is 3080. The Morgan fingerprint density at radius 2 is 1.45 bits per heavy atom. The van der Waals surface area contributed by atoms with Crippen LogP contribution in [0.25, 0.3) is 28.1 Å². The normalized spacial score (nSPS) is 14.3. The highest BCUT2D eigenvalue weighted by Crippen LogP contribution is 2.32. The summed E-state index contributed by atoms with van der Waals surface area (Å²) in [6.45, 7) is 40.7. The number of fused-ring (bicyclic) bond motifs is 1. The second-order valence-corrected chi connectivity index (χ2v) is 21.2. The molecule has 3 aromatic carbocycles. The summed E-state index contributed by atoms with van der Waals surface area (Å²) < 4.78 is 38.4. The fourth-order valence-corrected chi connectivity index (χ4v) is 8.72. The minimum atomic E-state index is -4.35. The van der Waals surface area contributed by atoms with Crippen LogP contribution in [0.3, 0.4) is 0 Å². The average molecular weight is 1160 g/mol. The number of aliphatic imine (C=N–C) groups is 2. The van der Waals surface area contributed by atoms with Gasteiger partial charge in [0.05, 0.1) is 34.1 Å². The zero-order valence-electron chi connectivity index (χ0n) is 53.7. The highest BCUT2D eigenvalue weighted by atomic mass is 19.4. The molecule has 0 bridgehead atoms. The number of nitrogens with zero attached hydrogens (tertiary/aromatic N) is 6. The van der Waals surface area contributed by atoms with E-state index >= 15 is 0 Å². The van der Waals surface area contributed by atoms with E-state index in [1.807, 2.05) is 90.1 Å². The van der Waals surface area contributed by atoms with Crippen LogP contribution in [0.4, 0.5) is 13.2 Å². The van der Waals surface area contributed by atoms with Gasteiger partial charge in [0.1, 0.15) is 11.2 Å². The minimum absolute atomic E-state index is 0.226. The molecule has 3 N–H and O–H groups in total. The van der Waals surface area contributed by atoms with Crippen LogP contribution in [0.2, 0.25) is 0 Å². The van der Waals surface area contributed by atoms with Gasteiger partial charge in [-0.05, 0) is 117 Å². The third-order valence-electron chi connectivity index (χ3n) is 12.6. The molecule has 0 radical (unpaired) electrons. The summed E-state index contributed by atoms with van der Waals surface area (Å²) in [5.41, 5.74) is 14.1. The summed E-state index contributed by atoms with van der Waals surface area (Å²) in [6, 6.07) is 25.5. The average Bonchev–Trinajstić information content (AvgIpc) is 3.03. The maximum absolute atomic E-state index is 12.8. The van der Waals surface area contributed by atoms with Crippen molar-refractivity contribution in [1.82, 2.24) is 25.2 Å². The number of rotatable bonds is 20. The number of unbranched alkanes of at least 4 members (excludes halogenated alkanes) is 3. The number of pyridine rings is 1. The van der Waals surface area contributed by atoms with E-state index in [1.54, 1.807) is 6.20 Å². The Balaban J connectivity index is 0.000000499. The first-order chi connectivity index (χ1) is 40.8. The van der Waals surface area contributed by atoms with E-state index in [-0.39, 0.29) is 11.3 Å². The zero-order valence-corrected chi connectivity index (χ0v) is 53.7. The summed E-state index contributed by atoms with van der Waals surface area (Å²) in [6.07, 6.45) is 24.0. The van der Waals surface area contributed by atoms with Crippen LogP contribution in [0, 0.1) is 23.7 Å². The van der Waals surface area contributed by atoms with Crippen molar-refractivity contribution in [3.05, 3.63) is 216 Å². The molecule has 1 aliphatic carbocycles. The second kappa shape index (κ2) is 39.1. The molecule has 0 amide bonds. The van der Waals surface area contributed by atoms with Crippen LogP contribution in [0.15, 0.2) is 192 Å². The van der Waals surface area contributed by atoms with Crippen molar-refractivity contribution >= 4 is 34.1 Å². The first-order valence-corrected chi connectivity index (χ1v) is 30.5. The maximum atomic E-state index is 12.8. The van der Waals surface area contributed by atoms with Gasteiger partial charge < -0.3 is 15.3 Å². The van der Waals surface area contributed by atoms with Gasteiger partial charge in [-0.25, -0.2) is 24.9 Å². The molecule has 5 aromatic rings. The van der Waals surface area contributed by atoms with E-state index in [1.165, 1.54) is 35.3 Å². The van der Waals surface area contributed by atoms with E-state index in [4.69, 9.17) is 30.5 Å². The molecule has 1 atom stereocenters. The summed E-state index contributed by atoms with van der Waals surface area (Å²) in [5.74, 6) is 0.535. The number of aliphatic hydroxyl groups is 1.